The summed E-state index contributed by atoms with van der Waals surface area (Å²) in [6.45, 7) is 3.65. The van der Waals surface area contributed by atoms with E-state index in [2.05, 4.69) is 16.2 Å². The van der Waals surface area contributed by atoms with E-state index in [1.807, 2.05) is 38.1 Å². The summed E-state index contributed by atoms with van der Waals surface area (Å²) < 4.78 is 5.26. The standard InChI is InChI=1S/C20H23N3O4/c1-14-8-9-17(15(2)12-14)21-18(24)10-11-19(25)22-23-20(26)13-27-16-6-4-3-5-7-16/h3-9,12H,10-11,13H2,1-2H3,(H,21,24)(H,22,25)(H,23,26). The normalized spacial score (nSPS) is 10.0. The van der Waals surface area contributed by atoms with Crippen LogP contribution in [0.15, 0.2) is 48.5 Å². The molecular weight excluding hydrogens is 346 g/mol. The highest BCUT2D eigenvalue weighted by atomic mass is 16.5. The molecule has 2 aromatic carbocycles. The van der Waals surface area contributed by atoms with Crippen molar-refractivity contribution < 1.29 is 19.1 Å². The molecule has 0 saturated heterocycles. The van der Waals surface area contributed by atoms with E-state index in [-0.39, 0.29) is 25.4 Å². The first-order chi connectivity index (χ1) is 12.9. The molecule has 0 heterocycles. The average molecular weight is 369 g/mol. The van der Waals surface area contributed by atoms with E-state index in [0.717, 1.165) is 16.8 Å². The van der Waals surface area contributed by atoms with Crippen molar-refractivity contribution in [2.45, 2.75) is 26.7 Å². The number of aryl methyl sites for hydroxylation is 2. The Morgan fingerprint density at radius 1 is 0.852 bits per heavy atom. The van der Waals surface area contributed by atoms with Gasteiger partial charge in [-0.05, 0) is 37.6 Å². The summed E-state index contributed by atoms with van der Waals surface area (Å²) in [5.41, 5.74) is 7.29. The summed E-state index contributed by atoms with van der Waals surface area (Å²) in [6, 6.07) is 14.6. The minimum absolute atomic E-state index is 0.00946. The smallest absolute Gasteiger partial charge is 0.276 e. The second-order valence-corrected chi connectivity index (χ2v) is 6.06. The van der Waals surface area contributed by atoms with Crippen molar-refractivity contribution in [2.24, 2.45) is 0 Å². The van der Waals surface area contributed by atoms with Gasteiger partial charge in [0.1, 0.15) is 5.75 Å². The molecule has 0 radical (unpaired) electrons. The molecule has 0 saturated carbocycles. The van der Waals surface area contributed by atoms with E-state index in [1.54, 1.807) is 24.3 Å². The number of hydrogen-bond acceptors (Lipinski definition) is 4. The quantitative estimate of drug-likeness (QED) is 0.652. The lowest BCUT2D eigenvalue weighted by atomic mass is 10.1. The van der Waals surface area contributed by atoms with Gasteiger partial charge in [-0.25, -0.2) is 0 Å². The Bertz CT molecular complexity index is 806. The zero-order valence-electron chi connectivity index (χ0n) is 15.4. The number of carbonyl (C=O) groups is 3. The highest BCUT2D eigenvalue weighted by molar-refractivity contribution is 5.94. The van der Waals surface area contributed by atoms with Crippen molar-refractivity contribution in [1.82, 2.24) is 10.9 Å². The minimum Gasteiger partial charge on any atom is -0.484 e. The predicted octanol–water partition coefficient (Wildman–Crippen LogP) is 2.25. The summed E-state index contributed by atoms with van der Waals surface area (Å²) in [4.78, 5) is 35.3. The van der Waals surface area contributed by atoms with Gasteiger partial charge in [-0.2, -0.15) is 0 Å². The fourth-order valence-corrected chi connectivity index (χ4v) is 2.30. The molecule has 0 aliphatic carbocycles. The number of carbonyl (C=O) groups excluding carboxylic acids is 3. The van der Waals surface area contributed by atoms with E-state index in [0.29, 0.717) is 5.75 Å². The molecule has 2 rings (SSSR count). The van der Waals surface area contributed by atoms with Crippen molar-refractivity contribution in [3.63, 3.8) is 0 Å². The molecule has 0 aliphatic heterocycles. The monoisotopic (exact) mass is 369 g/mol. The molecule has 3 amide bonds. The van der Waals surface area contributed by atoms with Crippen LogP contribution in [0.5, 0.6) is 5.75 Å². The van der Waals surface area contributed by atoms with Crippen LogP contribution in [0.4, 0.5) is 5.69 Å². The van der Waals surface area contributed by atoms with Crippen LogP contribution in [-0.2, 0) is 14.4 Å². The van der Waals surface area contributed by atoms with E-state index < -0.39 is 11.8 Å². The number of benzene rings is 2. The van der Waals surface area contributed by atoms with Crippen LogP contribution < -0.4 is 20.9 Å². The Kier molecular flexibility index (Phi) is 7.37. The number of rotatable bonds is 7. The third-order valence-electron chi connectivity index (χ3n) is 3.69. The summed E-state index contributed by atoms with van der Waals surface area (Å²) in [5, 5.41) is 2.77. The first kappa shape index (κ1) is 20.0. The lowest BCUT2D eigenvalue weighted by molar-refractivity contribution is -0.130. The zero-order chi connectivity index (χ0) is 19.6. The molecule has 0 fully saturated rings. The van der Waals surface area contributed by atoms with Gasteiger partial charge in [0.05, 0.1) is 0 Å². The summed E-state index contributed by atoms with van der Waals surface area (Å²) in [6.07, 6.45) is -0.0356. The van der Waals surface area contributed by atoms with Gasteiger partial charge in [0.15, 0.2) is 6.61 Å². The maximum absolute atomic E-state index is 12.0. The molecule has 3 N–H and O–H groups in total. The maximum Gasteiger partial charge on any atom is 0.276 e. The van der Waals surface area contributed by atoms with E-state index in [1.165, 1.54) is 0 Å². The molecule has 27 heavy (non-hydrogen) atoms. The van der Waals surface area contributed by atoms with Crippen LogP contribution in [0.2, 0.25) is 0 Å². The van der Waals surface area contributed by atoms with Gasteiger partial charge in [0.2, 0.25) is 11.8 Å². The lowest BCUT2D eigenvalue weighted by Gasteiger charge is -2.10. The molecule has 2 aromatic rings. The fourth-order valence-electron chi connectivity index (χ4n) is 2.30. The van der Waals surface area contributed by atoms with Crippen molar-refractivity contribution in [3.8, 4) is 5.75 Å². The number of anilines is 1. The highest BCUT2D eigenvalue weighted by Crippen LogP contribution is 2.16. The molecule has 0 bridgehead atoms. The Hall–Kier alpha value is -3.35. The first-order valence-corrected chi connectivity index (χ1v) is 8.56. The summed E-state index contributed by atoms with van der Waals surface area (Å²) in [5.74, 6) is -0.663. The number of hydrogen-bond donors (Lipinski definition) is 3. The highest BCUT2D eigenvalue weighted by Gasteiger charge is 2.10. The molecule has 142 valence electrons. The molecule has 0 spiro atoms. The predicted molar refractivity (Wildman–Crippen MR) is 102 cm³/mol. The van der Waals surface area contributed by atoms with E-state index in [4.69, 9.17) is 4.74 Å². The largest absolute Gasteiger partial charge is 0.484 e. The van der Waals surface area contributed by atoms with Gasteiger partial charge in [-0.15, -0.1) is 0 Å². The first-order valence-electron chi connectivity index (χ1n) is 8.56. The fraction of sp³-hybridized carbons (Fsp3) is 0.250. The molecule has 0 unspecified atom stereocenters. The second kappa shape index (κ2) is 9.96. The van der Waals surface area contributed by atoms with Crippen LogP contribution in [0.3, 0.4) is 0 Å². The van der Waals surface area contributed by atoms with Crippen molar-refractivity contribution in [1.29, 1.82) is 0 Å². The van der Waals surface area contributed by atoms with Crippen molar-refractivity contribution >= 4 is 23.4 Å². The van der Waals surface area contributed by atoms with Crippen LogP contribution in [0.1, 0.15) is 24.0 Å². The molecule has 0 atom stereocenters. The van der Waals surface area contributed by atoms with E-state index in [9.17, 15) is 14.4 Å². The Morgan fingerprint density at radius 2 is 1.52 bits per heavy atom. The SMILES string of the molecule is Cc1ccc(NC(=O)CCC(=O)NNC(=O)COc2ccccc2)c(C)c1. The Morgan fingerprint density at radius 3 is 2.22 bits per heavy atom. The Labute approximate surface area is 158 Å². The number of hydrazine groups is 1. The summed E-state index contributed by atoms with van der Waals surface area (Å²) in [7, 11) is 0. The van der Waals surface area contributed by atoms with Crippen LogP contribution >= 0.6 is 0 Å². The van der Waals surface area contributed by atoms with E-state index >= 15 is 0 Å². The molecule has 0 aliphatic rings. The third-order valence-corrected chi connectivity index (χ3v) is 3.69. The second-order valence-electron chi connectivity index (χ2n) is 6.06. The molecular formula is C20H23N3O4. The zero-order valence-corrected chi connectivity index (χ0v) is 15.4. The molecule has 0 aromatic heterocycles. The van der Waals surface area contributed by atoms with Gasteiger partial charge in [0, 0.05) is 18.5 Å². The third kappa shape index (κ3) is 7.19. The van der Waals surface area contributed by atoms with Crippen molar-refractivity contribution in [3.05, 3.63) is 59.7 Å². The van der Waals surface area contributed by atoms with Gasteiger partial charge in [-0.1, -0.05) is 35.9 Å². The number of nitrogens with one attached hydrogen (secondary N) is 3. The average Bonchev–Trinajstić information content (AvgIpc) is 2.66. The van der Waals surface area contributed by atoms with Crippen LogP contribution in [0, 0.1) is 13.8 Å². The lowest BCUT2D eigenvalue weighted by Crippen LogP contribution is -2.44. The van der Waals surface area contributed by atoms with Gasteiger partial charge in [-0.3, -0.25) is 25.2 Å². The topological polar surface area (TPSA) is 96.5 Å². The van der Waals surface area contributed by atoms with Gasteiger partial charge >= 0.3 is 0 Å². The molecule has 7 nitrogen and oxygen atoms in total. The molecule has 7 heteroatoms. The maximum atomic E-state index is 12.0. The van der Waals surface area contributed by atoms with Crippen LogP contribution in [-0.4, -0.2) is 24.3 Å². The Balaban J connectivity index is 1.65. The minimum atomic E-state index is -0.494. The number of amides is 3. The number of ether oxygens (including phenoxy) is 1. The van der Waals surface area contributed by atoms with Crippen LogP contribution in [0.25, 0.3) is 0 Å². The van der Waals surface area contributed by atoms with Gasteiger partial charge < -0.3 is 10.1 Å². The van der Waals surface area contributed by atoms with Gasteiger partial charge in [0.25, 0.3) is 5.91 Å². The number of para-hydroxylation sites is 1. The summed E-state index contributed by atoms with van der Waals surface area (Å²) >= 11 is 0. The van der Waals surface area contributed by atoms with Crippen molar-refractivity contribution in [2.75, 3.05) is 11.9 Å².